The Kier molecular flexibility index (Phi) is 7.14. The van der Waals surface area contributed by atoms with Gasteiger partial charge in [-0.05, 0) is 31.0 Å². The first-order valence-corrected chi connectivity index (χ1v) is 10.1. The van der Waals surface area contributed by atoms with Gasteiger partial charge in [0, 0.05) is 17.4 Å². The Bertz CT molecular complexity index is 1130. The van der Waals surface area contributed by atoms with E-state index in [0.717, 1.165) is 26.2 Å². The van der Waals surface area contributed by atoms with Gasteiger partial charge < -0.3 is 19.9 Å². The van der Waals surface area contributed by atoms with Gasteiger partial charge in [-0.2, -0.15) is 17.6 Å². The number of anilines is 1. The quantitative estimate of drug-likeness (QED) is 0.510. The first-order chi connectivity index (χ1) is 15.9. The van der Waals surface area contributed by atoms with Crippen LogP contribution >= 0.6 is 0 Å². The highest BCUT2D eigenvalue weighted by molar-refractivity contribution is 5.95. The molecule has 2 heterocycles. The first kappa shape index (κ1) is 25.4. The maximum atomic E-state index is 14.4. The number of nitrogens with one attached hydrogen (secondary N) is 1. The minimum absolute atomic E-state index is 0.130. The van der Waals surface area contributed by atoms with Crippen molar-refractivity contribution in [3.05, 3.63) is 53.4 Å². The van der Waals surface area contributed by atoms with Crippen molar-refractivity contribution >= 4 is 11.6 Å². The van der Waals surface area contributed by atoms with E-state index < -0.39 is 53.0 Å². The third-order valence-corrected chi connectivity index (χ3v) is 5.90. The highest BCUT2D eigenvalue weighted by Gasteiger charge is 2.65. The van der Waals surface area contributed by atoms with Crippen molar-refractivity contribution in [3.63, 3.8) is 0 Å². The Morgan fingerprint density at radius 3 is 2.56 bits per heavy atom. The number of hydrogen-bond donors (Lipinski definition) is 2. The number of aromatic nitrogens is 1. The molecule has 11 heteroatoms. The molecule has 0 unspecified atom stereocenters. The van der Waals surface area contributed by atoms with Crippen molar-refractivity contribution in [2.45, 2.75) is 37.6 Å². The van der Waals surface area contributed by atoms with Crippen LogP contribution in [0.3, 0.4) is 0 Å². The van der Waals surface area contributed by atoms with Crippen LogP contribution in [0.25, 0.3) is 0 Å². The molecule has 34 heavy (non-hydrogen) atoms. The average molecular weight is 484 g/mol. The van der Waals surface area contributed by atoms with Gasteiger partial charge in [-0.1, -0.05) is 18.9 Å². The lowest BCUT2D eigenvalue weighted by molar-refractivity contribution is -0.272. The molecule has 1 fully saturated rings. The number of methoxy groups -OCH3 is 1. The van der Waals surface area contributed by atoms with Crippen molar-refractivity contribution < 1.29 is 41.3 Å². The summed E-state index contributed by atoms with van der Waals surface area (Å²) in [7, 11) is 1.05. The molecule has 1 aliphatic heterocycles. The summed E-state index contributed by atoms with van der Waals surface area (Å²) in [4.78, 5) is 17.0. The predicted octanol–water partition coefficient (Wildman–Crippen LogP) is 3.79. The Morgan fingerprint density at radius 2 is 2.00 bits per heavy atom. The maximum Gasteiger partial charge on any atom is 0.417 e. The van der Waals surface area contributed by atoms with Crippen LogP contribution in [0.1, 0.15) is 31.0 Å². The number of amides is 1. The third-order valence-electron chi connectivity index (χ3n) is 5.90. The summed E-state index contributed by atoms with van der Waals surface area (Å²) < 4.78 is 80.2. The molecule has 182 valence electrons. The molecule has 0 radical (unpaired) electrons. The van der Waals surface area contributed by atoms with E-state index in [0.29, 0.717) is 5.69 Å². The molecule has 1 aliphatic rings. The largest absolute Gasteiger partial charge is 0.493 e. The molecule has 1 amide bonds. The molecule has 0 saturated carbocycles. The molecule has 2 aromatic rings. The second-order valence-electron chi connectivity index (χ2n) is 7.82. The Hall–Kier alpha value is -3.23. The Balaban J connectivity index is 2.01. The zero-order valence-electron chi connectivity index (χ0n) is 18.3. The van der Waals surface area contributed by atoms with Gasteiger partial charge in [-0.15, -0.1) is 0 Å². The molecule has 4 atom stereocenters. The van der Waals surface area contributed by atoms with Crippen LogP contribution < -0.4 is 10.1 Å². The second-order valence-corrected chi connectivity index (χ2v) is 7.82. The Morgan fingerprint density at radius 1 is 1.29 bits per heavy atom. The van der Waals surface area contributed by atoms with Crippen molar-refractivity contribution in [1.82, 2.24) is 4.98 Å². The molecule has 0 aliphatic carbocycles. The van der Waals surface area contributed by atoms with E-state index >= 15 is 0 Å². The van der Waals surface area contributed by atoms with Crippen LogP contribution in [0.4, 0.5) is 27.6 Å². The summed E-state index contributed by atoms with van der Waals surface area (Å²) in [6.45, 7) is 1.66. The molecule has 1 aromatic carbocycles. The zero-order chi connectivity index (χ0) is 25.3. The SMILES string of the molecule is COc1c([C@H]2[C@H](C(=O)Nc3ccc(C#CCO)nc3)O[C@@](C)(C(F)(F)F)[C@H]2C)ccc(F)c1F. The third kappa shape index (κ3) is 4.56. The van der Waals surface area contributed by atoms with E-state index in [9.17, 15) is 26.7 Å². The van der Waals surface area contributed by atoms with Crippen molar-refractivity contribution in [1.29, 1.82) is 0 Å². The van der Waals surface area contributed by atoms with Gasteiger partial charge in [-0.25, -0.2) is 9.37 Å². The van der Waals surface area contributed by atoms with Crippen LogP contribution in [0, 0.1) is 29.4 Å². The van der Waals surface area contributed by atoms with Gasteiger partial charge in [0.2, 0.25) is 5.82 Å². The molecular formula is C23H21F5N2O4. The minimum atomic E-state index is -4.86. The summed E-state index contributed by atoms with van der Waals surface area (Å²) in [5, 5.41) is 11.2. The molecule has 1 aromatic heterocycles. The Labute approximate surface area is 192 Å². The summed E-state index contributed by atoms with van der Waals surface area (Å²) in [6.07, 6.45) is -5.34. The number of carbonyl (C=O) groups is 1. The minimum Gasteiger partial charge on any atom is -0.493 e. The molecule has 0 bridgehead atoms. The van der Waals surface area contributed by atoms with Gasteiger partial charge in [0.1, 0.15) is 18.4 Å². The topological polar surface area (TPSA) is 80.7 Å². The lowest BCUT2D eigenvalue weighted by Crippen LogP contribution is -2.47. The van der Waals surface area contributed by atoms with E-state index in [4.69, 9.17) is 14.6 Å². The lowest BCUT2D eigenvalue weighted by atomic mass is 9.77. The molecular weight excluding hydrogens is 463 g/mol. The van der Waals surface area contributed by atoms with E-state index in [2.05, 4.69) is 22.1 Å². The number of carbonyl (C=O) groups excluding carboxylic acids is 1. The number of aliphatic hydroxyl groups excluding tert-OH is 1. The second kappa shape index (κ2) is 9.56. The van der Waals surface area contributed by atoms with Crippen molar-refractivity contribution in [3.8, 4) is 17.6 Å². The van der Waals surface area contributed by atoms with Gasteiger partial charge in [-0.3, -0.25) is 4.79 Å². The van der Waals surface area contributed by atoms with Crippen molar-refractivity contribution in [2.75, 3.05) is 19.0 Å². The molecule has 1 saturated heterocycles. The number of nitrogens with zero attached hydrogens (tertiary/aromatic N) is 1. The average Bonchev–Trinajstić information content (AvgIpc) is 3.07. The number of aliphatic hydroxyl groups is 1. The number of rotatable bonds is 4. The predicted molar refractivity (Wildman–Crippen MR) is 111 cm³/mol. The van der Waals surface area contributed by atoms with Gasteiger partial charge >= 0.3 is 6.18 Å². The van der Waals surface area contributed by atoms with Gasteiger partial charge in [0.25, 0.3) is 5.91 Å². The lowest BCUT2D eigenvalue weighted by Gasteiger charge is -2.32. The number of alkyl halides is 3. The van der Waals surface area contributed by atoms with Crippen LogP contribution in [-0.2, 0) is 9.53 Å². The summed E-state index contributed by atoms with van der Waals surface area (Å²) in [5.74, 6) is -1.89. The number of hydrogen-bond acceptors (Lipinski definition) is 5. The van der Waals surface area contributed by atoms with Crippen LogP contribution in [0.5, 0.6) is 5.75 Å². The summed E-state index contributed by atoms with van der Waals surface area (Å²) in [5.41, 5.74) is -2.44. The van der Waals surface area contributed by atoms with Gasteiger partial charge in [0.05, 0.1) is 19.0 Å². The van der Waals surface area contributed by atoms with Crippen LogP contribution in [-0.4, -0.2) is 47.6 Å². The fraction of sp³-hybridized carbons (Fsp3) is 0.391. The number of ether oxygens (including phenoxy) is 2. The van der Waals surface area contributed by atoms with E-state index in [1.165, 1.54) is 25.3 Å². The normalized spacial score (nSPS) is 24.3. The summed E-state index contributed by atoms with van der Waals surface area (Å²) >= 11 is 0. The maximum absolute atomic E-state index is 14.4. The number of pyridine rings is 1. The fourth-order valence-electron chi connectivity index (χ4n) is 3.93. The zero-order valence-corrected chi connectivity index (χ0v) is 18.3. The number of halogens is 5. The molecule has 3 rings (SSSR count). The number of benzene rings is 1. The smallest absolute Gasteiger partial charge is 0.417 e. The van der Waals surface area contributed by atoms with Crippen LogP contribution in [0.2, 0.25) is 0 Å². The first-order valence-electron chi connectivity index (χ1n) is 10.1. The molecule has 2 N–H and O–H groups in total. The highest BCUT2D eigenvalue weighted by Crippen LogP contribution is 2.54. The van der Waals surface area contributed by atoms with E-state index in [1.807, 2.05) is 0 Å². The standard InChI is InChI=1S/C23H21F5N2O4/c1-12-17(15-8-9-16(24)18(25)19(15)33-3)20(34-22(12,2)23(26,27)28)21(32)30-14-7-6-13(29-11-14)5-4-10-31/h6-9,11-12,17,20,31H,10H2,1-3H3,(H,30,32)/t12-,17-,20+,22+/m0/s1. The van der Waals surface area contributed by atoms with E-state index in [1.54, 1.807) is 0 Å². The molecule has 6 nitrogen and oxygen atoms in total. The summed E-state index contributed by atoms with van der Waals surface area (Å²) in [6, 6.07) is 4.70. The fourth-order valence-corrected chi connectivity index (χ4v) is 3.93. The van der Waals surface area contributed by atoms with Crippen molar-refractivity contribution in [2.24, 2.45) is 5.92 Å². The monoisotopic (exact) mass is 484 g/mol. The highest BCUT2D eigenvalue weighted by atomic mass is 19.4. The van der Waals surface area contributed by atoms with E-state index in [-0.39, 0.29) is 17.9 Å². The van der Waals surface area contributed by atoms with Crippen LogP contribution in [0.15, 0.2) is 30.5 Å². The molecule has 0 spiro atoms. The van der Waals surface area contributed by atoms with Gasteiger partial charge in [0.15, 0.2) is 17.2 Å².